The van der Waals surface area contributed by atoms with E-state index in [1.54, 1.807) is 0 Å². The zero-order valence-electron chi connectivity index (χ0n) is 10.5. The Hall–Kier alpha value is -2.82. The molecule has 0 unspecified atom stereocenters. The molecule has 1 aliphatic heterocycles. The second kappa shape index (κ2) is 4.63. The van der Waals surface area contributed by atoms with Crippen LogP contribution in [0.15, 0.2) is 42.4 Å². The molecule has 2 aromatic rings. The van der Waals surface area contributed by atoms with E-state index < -0.39 is 11.7 Å². The van der Waals surface area contributed by atoms with Gasteiger partial charge in [0.2, 0.25) is 5.95 Å². The first-order chi connectivity index (χ1) is 9.99. The molecule has 0 fully saturated rings. The van der Waals surface area contributed by atoms with Gasteiger partial charge < -0.3 is 0 Å². The van der Waals surface area contributed by atoms with Gasteiger partial charge in [0.1, 0.15) is 6.33 Å². The Bertz CT molecular complexity index is 754. The van der Waals surface area contributed by atoms with Crippen LogP contribution in [-0.4, -0.2) is 14.8 Å². The number of nitrogens with zero attached hydrogens (tertiary/aromatic N) is 5. The lowest BCUT2D eigenvalue weighted by molar-refractivity contribution is -0.137. The fraction of sp³-hybridized carbons (Fsp3) is 0.154. The molecule has 2 heterocycles. The predicted molar refractivity (Wildman–Crippen MR) is 67.3 cm³/mol. The molecule has 1 aromatic heterocycles. The molecule has 0 N–H and O–H groups in total. The quantitative estimate of drug-likeness (QED) is 0.810. The van der Waals surface area contributed by atoms with Crippen molar-refractivity contribution in [1.82, 2.24) is 14.8 Å². The van der Waals surface area contributed by atoms with E-state index in [1.807, 2.05) is 6.07 Å². The third-order valence-corrected chi connectivity index (χ3v) is 3.01. The SMILES string of the molecule is N#CC1=CN(c2cccc(C(F)(F)F)c2)c2ncnn2C1. The number of allylic oxidation sites excluding steroid dienone is 1. The zero-order valence-corrected chi connectivity index (χ0v) is 10.5. The van der Waals surface area contributed by atoms with Crippen LogP contribution < -0.4 is 4.90 Å². The summed E-state index contributed by atoms with van der Waals surface area (Å²) >= 11 is 0. The molecular weight excluding hydrogens is 283 g/mol. The summed E-state index contributed by atoms with van der Waals surface area (Å²) in [5.74, 6) is 0.369. The first-order valence-electron chi connectivity index (χ1n) is 5.94. The highest BCUT2D eigenvalue weighted by atomic mass is 19.4. The van der Waals surface area contributed by atoms with Crippen LogP contribution in [0.25, 0.3) is 0 Å². The van der Waals surface area contributed by atoms with Crippen LogP contribution >= 0.6 is 0 Å². The van der Waals surface area contributed by atoms with Crippen LogP contribution in [0.5, 0.6) is 0 Å². The van der Waals surface area contributed by atoms with Crippen LogP contribution in [0.1, 0.15) is 5.56 Å². The normalized spacial score (nSPS) is 14.4. The van der Waals surface area contributed by atoms with Gasteiger partial charge >= 0.3 is 6.18 Å². The lowest BCUT2D eigenvalue weighted by atomic mass is 10.1. The third-order valence-electron chi connectivity index (χ3n) is 3.01. The van der Waals surface area contributed by atoms with Crippen molar-refractivity contribution >= 4 is 11.6 Å². The van der Waals surface area contributed by atoms with E-state index >= 15 is 0 Å². The van der Waals surface area contributed by atoms with Gasteiger partial charge in [0, 0.05) is 11.9 Å². The molecule has 3 rings (SSSR count). The van der Waals surface area contributed by atoms with Gasteiger partial charge in [-0.05, 0) is 18.2 Å². The van der Waals surface area contributed by atoms with Gasteiger partial charge in [-0.2, -0.15) is 28.5 Å². The van der Waals surface area contributed by atoms with Gasteiger partial charge in [-0.3, -0.25) is 4.90 Å². The molecule has 1 aliphatic rings. The Morgan fingerprint density at radius 2 is 2.10 bits per heavy atom. The van der Waals surface area contributed by atoms with Crippen LogP contribution in [0.3, 0.4) is 0 Å². The van der Waals surface area contributed by atoms with E-state index in [9.17, 15) is 13.2 Å². The second-order valence-electron chi connectivity index (χ2n) is 4.40. The van der Waals surface area contributed by atoms with Crippen LogP contribution in [0, 0.1) is 11.3 Å². The van der Waals surface area contributed by atoms with Crippen molar-refractivity contribution in [2.24, 2.45) is 0 Å². The van der Waals surface area contributed by atoms with Gasteiger partial charge in [-0.25, -0.2) is 4.68 Å². The fourth-order valence-corrected chi connectivity index (χ4v) is 2.06. The van der Waals surface area contributed by atoms with Crippen LogP contribution in [0.2, 0.25) is 0 Å². The number of hydrogen-bond donors (Lipinski definition) is 0. The average molecular weight is 291 g/mol. The number of rotatable bonds is 1. The number of halogens is 3. The highest BCUT2D eigenvalue weighted by Crippen LogP contribution is 2.34. The molecule has 0 radical (unpaired) electrons. The summed E-state index contributed by atoms with van der Waals surface area (Å²) in [7, 11) is 0. The standard InChI is InChI=1S/C13H8F3N5/c14-13(15,16)10-2-1-3-11(4-10)20-6-9(5-17)7-21-12(20)18-8-19-21/h1-4,6,8H,7H2. The summed E-state index contributed by atoms with van der Waals surface area (Å²) in [5.41, 5.74) is -0.111. The molecule has 8 heteroatoms. The molecule has 0 spiro atoms. The lowest BCUT2D eigenvalue weighted by Crippen LogP contribution is -2.22. The number of fused-ring (bicyclic) bond motifs is 1. The number of anilines is 2. The van der Waals surface area contributed by atoms with Crippen molar-refractivity contribution in [2.75, 3.05) is 4.90 Å². The molecule has 0 saturated carbocycles. The fourth-order valence-electron chi connectivity index (χ4n) is 2.06. The lowest BCUT2D eigenvalue weighted by Gasteiger charge is -2.24. The van der Waals surface area contributed by atoms with Crippen molar-refractivity contribution in [2.45, 2.75) is 12.7 Å². The molecular formula is C13H8F3N5. The van der Waals surface area contributed by atoms with E-state index in [2.05, 4.69) is 10.1 Å². The topological polar surface area (TPSA) is 57.7 Å². The smallest absolute Gasteiger partial charge is 0.285 e. The number of alkyl halides is 3. The summed E-state index contributed by atoms with van der Waals surface area (Å²) in [6.07, 6.45) is -1.66. The summed E-state index contributed by atoms with van der Waals surface area (Å²) in [6, 6.07) is 6.82. The van der Waals surface area contributed by atoms with Crippen molar-refractivity contribution < 1.29 is 13.2 Å². The Morgan fingerprint density at radius 3 is 2.81 bits per heavy atom. The van der Waals surface area contributed by atoms with E-state index in [0.29, 0.717) is 11.5 Å². The van der Waals surface area contributed by atoms with E-state index in [-0.39, 0.29) is 12.2 Å². The number of aromatic nitrogens is 3. The monoisotopic (exact) mass is 291 g/mol. The molecule has 0 aliphatic carbocycles. The predicted octanol–water partition coefficient (Wildman–Crippen LogP) is 2.86. The number of nitriles is 1. The van der Waals surface area contributed by atoms with Gasteiger partial charge in [-0.15, -0.1) is 0 Å². The van der Waals surface area contributed by atoms with Crippen LogP contribution in [0.4, 0.5) is 24.8 Å². The number of benzene rings is 1. The average Bonchev–Trinajstić information content (AvgIpc) is 2.93. The molecule has 0 saturated heterocycles. The van der Waals surface area contributed by atoms with Crippen LogP contribution in [-0.2, 0) is 12.7 Å². The molecule has 0 bridgehead atoms. The van der Waals surface area contributed by atoms with Crippen molar-refractivity contribution in [3.63, 3.8) is 0 Å². The van der Waals surface area contributed by atoms with Gasteiger partial charge in [0.25, 0.3) is 0 Å². The summed E-state index contributed by atoms with van der Waals surface area (Å²) in [6.45, 7) is 0.251. The maximum Gasteiger partial charge on any atom is 0.416 e. The maximum atomic E-state index is 12.8. The molecule has 1 aromatic carbocycles. The summed E-state index contributed by atoms with van der Waals surface area (Å²) in [5, 5.41) is 13.0. The first kappa shape index (κ1) is 13.2. The van der Waals surface area contributed by atoms with Crippen molar-refractivity contribution in [3.05, 3.63) is 47.9 Å². The van der Waals surface area contributed by atoms with Crippen molar-refractivity contribution in [1.29, 1.82) is 5.26 Å². The van der Waals surface area contributed by atoms with E-state index in [0.717, 1.165) is 12.1 Å². The molecule has 5 nitrogen and oxygen atoms in total. The highest BCUT2D eigenvalue weighted by Gasteiger charge is 2.31. The molecule has 21 heavy (non-hydrogen) atoms. The van der Waals surface area contributed by atoms with E-state index in [1.165, 1.54) is 34.2 Å². The minimum absolute atomic E-state index is 0.251. The first-order valence-corrected chi connectivity index (χ1v) is 5.94. The van der Waals surface area contributed by atoms with E-state index in [4.69, 9.17) is 5.26 Å². The van der Waals surface area contributed by atoms with Gasteiger partial charge in [-0.1, -0.05) is 6.07 Å². The zero-order chi connectivity index (χ0) is 15.0. The minimum atomic E-state index is -4.43. The van der Waals surface area contributed by atoms with Gasteiger partial charge in [0.05, 0.1) is 23.8 Å². The number of hydrogen-bond acceptors (Lipinski definition) is 4. The Kier molecular flexibility index (Phi) is 2.90. The van der Waals surface area contributed by atoms with Gasteiger partial charge in [0.15, 0.2) is 0 Å². The summed E-state index contributed by atoms with van der Waals surface area (Å²) < 4.78 is 39.8. The highest BCUT2D eigenvalue weighted by molar-refractivity contribution is 5.63. The molecule has 0 amide bonds. The van der Waals surface area contributed by atoms with Crippen molar-refractivity contribution in [3.8, 4) is 6.07 Å². The summed E-state index contributed by atoms with van der Waals surface area (Å²) in [4.78, 5) is 5.44. The largest absolute Gasteiger partial charge is 0.416 e. The molecule has 106 valence electrons. The Labute approximate surface area is 117 Å². The Balaban J connectivity index is 2.09. The Morgan fingerprint density at radius 1 is 1.29 bits per heavy atom. The maximum absolute atomic E-state index is 12.8. The third kappa shape index (κ3) is 2.33. The minimum Gasteiger partial charge on any atom is -0.285 e. The molecule has 0 atom stereocenters. The second-order valence-corrected chi connectivity index (χ2v) is 4.40.